The van der Waals surface area contributed by atoms with Crippen molar-refractivity contribution in [2.45, 2.75) is 33.4 Å². The van der Waals surface area contributed by atoms with Gasteiger partial charge in [-0.2, -0.15) is 10.4 Å². The molecule has 20 heavy (non-hydrogen) atoms. The highest BCUT2D eigenvalue weighted by atomic mass is 35.5. The molecule has 1 aromatic rings. The van der Waals surface area contributed by atoms with E-state index in [2.05, 4.69) is 34.8 Å². The zero-order chi connectivity index (χ0) is 14.5. The number of nitriles is 1. The number of nitrogens with zero attached hydrogens (tertiary/aromatic N) is 5. The Hall–Kier alpha value is -1.09. The van der Waals surface area contributed by atoms with Gasteiger partial charge in [0.05, 0.1) is 29.0 Å². The topological polar surface area (TPSA) is 48.1 Å². The van der Waals surface area contributed by atoms with Crippen LogP contribution in [0.15, 0.2) is 0 Å². The first-order valence-corrected chi connectivity index (χ1v) is 7.63. The van der Waals surface area contributed by atoms with Crippen LogP contribution in [-0.4, -0.2) is 52.3 Å². The molecule has 0 amide bonds. The predicted molar refractivity (Wildman–Crippen MR) is 79.6 cm³/mol. The van der Waals surface area contributed by atoms with Gasteiger partial charge in [-0.05, 0) is 13.3 Å². The van der Waals surface area contributed by atoms with Crippen molar-refractivity contribution in [2.75, 3.05) is 32.7 Å². The fraction of sp³-hybridized carbons (Fsp3) is 0.714. The van der Waals surface area contributed by atoms with Crippen LogP contribution < -0.4 is 0 Å². The zero-order valence-corrected chi connectivity index (χ0v) is 13.0. The van der Waals surface area contributed by atoms with Crippen molar-refractivity contribution in [3.8, 4) is 6.07 Å². The Morgan fingerprint density at radius 1 is 1.20 bits per heavy atom. The first kappa shape index (κ1) is 15.3. The van der Waals surface area contributed by atoms with Gasteiger partial charge in [0.2, 0.25) is 0 Å². The number of hydrogen-bond donors (Lipinski definition) is 0. The fourth-order valence-corrected chi connectivity index (χ4v) is 2.91. The van der Waals surface area contributed by atoms with Gasteiger partial charge in [0.25, 0.3) is 0 Å². The summed E-state index contributed by atoms with van der Waals surface area (Å²) < 4.78 is 2.02. The number of hydrogen-bond acceptors (Lipinski definition) is 4. The lowest BCUT2D eigenvalue weighted by Gasteiger charge is -2.33. The minimum absolute atomic E-state index is 0.529. The van der Waals surface area contributed by atoms with Crippen LogP contribution in [0, 0.1) is 11.3 Å². The number of piperazine rings is 1. The van der Waals surface area contributed by atoms with E-state index >= 15 is 0 Å². The van der Waals surface area contributed by atoms with Crippen molar-refractivity contribution in [2.24, 2.45) is 0 Å². The Kier molecular flexibility index (Phi) is 5.41. The molecule has 1 saturated heterocycles. The molecule has 0 bridgehead atoms. The van der Waals surface area contributed by atoms with E-state index in [0.29, 0.717) is 6.54 Å². The molecule has 110 valence electrons. The van der Waals surface area contributed by atoms with Crippen LogP contribution in [0.5, 0.6) is 0 Å². The summed E-state index contributed by atoms with van der Waals surface area (Å²) in [6.07, 6.45) is 0.870. The molecule has 0 atom stereocenters. The highest BCUT2D eigenvalue weighted by Gasteiger charge is 2.21. The molecule has 1 aliphatic heterocycles. The van der Waals surface area contributed by atoms with Crippen LogP contribution in [0.2, 0.25) is 5.02 Å². The summed E-state index contributed by atoms with van der Waals surface area (Å²) in [5.41, 5.74) is 2.12. The summed E-state index contributed by atoms with van der Waals surface area (Å²) in [5.74, 6) is 0. The summed E-state index contributed by atoms with van der Waals surface area (Å²) >= 11 is 6.44. The maximum absolute atomic E-state index is 8.72. The molecule has 0 spiro atoms. The van der Waals surface area contributed by atoms with Crippen molar-refractivity contribution in [3.63, 3.8) is 0 Å². The van der Waals surface area contributed by atoms with Gasteiger partial charge in [0.1, 0.15) is 0 Å². The average molecular weight is 296 g/mol. The van der Waals surface area contributed by atoms with Crippen LogP contribution in [0.25, 0.3) is 0 Å². The Labute approximate surface area is 125 Å². The van der Waals surface area contributed by atoms with E-state index in [-0.39, 0.29) is 0 Å². The minimum atomic E-state index is 0.529. The number of aromatic nitrogens is 2. The number of rotatable bonds is 5. The van der Waals surface area contributed by atoms with Gasteiger partial charge in [-0.25, -0.2) is 0 Å². The molecule has 5 nitrogen and oxygen atoms in total. The molecule has 0 N–H and O–H groups in total. The lowest BCUT2D eigenvalue weighted by molar-refractivity contribution is 0.135. The second kappa shape index (κ2) is 7.07. The average Bonchev–Trinajstić information content (AvgIpc) is 2.77. The van der Waals surface area contributed by atoms with E-state index in [1.165, 1.54) is 0 Å². The van der Waals surface area contributed by atoms with Gasteiger partial charge in [-0.15, -0.1) is 0 Å². The molecule has 0 saturated carbocycles. The molecular weight excluding hydrogens is 274 g/mol. The third-order valence-electron chi connectivity index (χ3n) is 3.83. The summed E-state index contributed by atoms with van der Waals surface area (Å²) in [6.45, 7) is 10.3. The number of halogens is 1. The second-order valence-electron chi connectivity index (χ2n) is 5.09. The molecule has 0 aliphatic carbocycles. The largest absolute Gasteiger partial charge is 0.295 e. The zero-order valence-electron chi connectivity index (χ0n) is 12.3. The highest BCUT2D eigenvalue weighted by molar-refractivity contribution is 6.31. The van der Waals surface area contributed by atoms with Gasteiger partial charge in [0, 0.05) is 39.3 Å². The van der Waals surface area contributed by atoms with Crippen molar-refractivity contribution in [1.29, 1.82) is 5.26 Å². The van der Waals surface area contributed by atoms with E-state index in [0.717, 1.165) is 62.1 Å². The monoisotopic (exact) mass is 295 g/mol. The normalized spacial score (nSPS) is 17.3. The maximum Gasteiger partial charge on any atom is 0.0866 e. The molecular formula is C14H22ClN5. The minimum Gasteiger partial charge on any atom is -0.295 e. The lowest BCUT2D eigenvalue weighted by Crippen LogP contribution is -2.46. The smallest absolute Gasteiger partial charge is 0.0866 e. The van der Waals surface area contributed by atoms with E-state index in [9.17, 15) is 0 Å². The van der Waals surface area contributed by atoms with Crippen molar-refractivity contribution < 1.29 is 0 Å². The Morgan fingerprint density at radius 2 is 1.85 bits per heavy atom. The number of aryl methyl sites for hydroxylation is 2. The molecule has 2 rings (SSSR count). The van der Waals surface area contributed by atoms with Crippen molar-refractivity contribution in [1.82, 2.24) is 19.6 Å². The van der Waals surface area contributed by atoms with Crippen molar-refractivity contribution in [3.05, 3.63) is 16.4 Å². The summed E-state index contributed by atoms with van der Waals surface area (Å²) in [7, 11) is 0. The molecule has 0 unspecified atom stereocenters. The van der Waals surface area contributed by atoms with Crippen molar-refractivity contribution >= 4 is 11.6 Å². The quantitative estimate of drug-likeness (QED) is 0.777. The second-order valence-corrected chi connectivity index (χ2v) is 5.47. The van der Waals surface area contributed by atoms with E-state index in [4.69, 9.17) is 16.9 Å². The summed E-state index contributed by atoms with van der Waals surface area (Å²) in [6, 6.07) is 2.21. The highest BCUT2D eigenvalue weighted by Crippen LogP contribution is 2.23. The SMILES string of the molecule is CCc1nn(CC)c(CN2CCN(CC#N)CC2)c1Cl. The van der Waals surface area contributed by atoms with Gasteiger partial charge in [-0.3, -0.25) is 14.5 Å². The van der Waals surface area contributed by atoms with E-state index < -0.39 is 0 Å². The van der Waals surface area contributed by atoms with Gasteiger partial charge in [-0.1, -0.05) is 18.5 Å². The maximum atomic E-state index is 8.72. The van der Waals surface area contributed by atoms with Crippen LogP contribution in [0.3, 0.4) is 0 Å². The molecule has 0 aromatic carbocycles. The molecule has 1 fully saturated rings. The molecule has 6 heteroatoms. The third-order valence-corrected chi connectivity index (χ3v) is 4.26. The predicted octanol–water partition coefficient (Wildman–Crippen LogP) is 1.76. The molecule has 1 aliphatic rings. The molecule has 1 aromatic heterocycles. The Bertz CT molecular complexity index is 482. The van der Waals surface area contributed by atoms with Gasteiger partial charge >= 0.3 is 0 Å². The van der Waals surface area contributed by atoms with Crippen LogP contribution in [0.1, 0.15) is 25.2 Å². The third kappa shape index (κ3) is 3.32. The van der Waals surface area contributed by atoms with E-state index in [1.807, 2.05) is 4.68 Å². The first-order chi connectivity index (χ1) is 9.69. The standard InChI is InChI=1S/C14H22ClN5/c1-3-12-14(15)13(20(4-2)17-12)11-19-9-7-18(6-5-16)8-10-19/h3-4,6-11H2,1-2H3. The van der Waals surface area contributed by atoms with Crippen LogP contribution in [0.4, 0.5) is 0 Å². The molecule has 2 heterocycles. The first-order valence-electron chi connectivity index (χ1n) is 7.25. The summed E-state index contributed by atoms with van der Waals surface area (Å²) in [4.78, 5) is 4.58. The van der Waals surface area contributed by atoms with Crippen LogP contribution in [-0.2, 0) is 19.5 Å². The van der Waals surface area contributed by atoms with Crippen LogP contribution >= 0.6 is 11.6 Å². The Morgan fingerprint density at radius 3 is 2.40 bits per heavy atom. The summed E-state index contributed by atoms with van der Waals surface area (Å²) in [5, 5.41) is 14.1. The van der Waals surface area contributed by atoms with Gasteiger partial charge in [0.15, 0.2) is 0 Å². The lowest BCUT2D eigenvalue weighted by atomic mass is 10.2. The van der Waals surface area contributed by atoms with E-state index in [1.54, 1.807) is 0 Å². The van der Waals surface area contributed by atoms with Gasteiger partial charge < -0.3 is 0 Å². The fourth-order valence-electron chi connectivity index (χ4n) is 2.59. The molecule has 0 radical (unpaired) electrons. The Balaban J connectivity index is 2.01.